The smallest absolute Gasteiger partial charge is 0.264 e. The van der Waals surface area contributed by atoms with Crippen molar-refractivity contribution in [3.05, 3.63) is 93.7 Å². The minimum absolute atomic E-state index is 0.0131. The molecule has 0 aliphatic heterocycles. The van der Waals surface area contributed by atoms with E-state index < -0.39 is 34.3 Å². The fourth-order valence-electron chi connectivity index (χ4n) is 3.71. The molecule has 1 N–H and O–H groups in total. The molecule has 3 rings (SSSR count). The van der Waals surface area contributed by atoms with Crippen LogP contribution in [0.1, 0.15) is 26.3 Å². The second-order valence-electron chi connectivity index (χ2n) is 9.39. The highest BCUT2D eigenvalue weighted by atomic mass is 79.9. The SMILES string of the molecule is CC(C)CNC(=O)[C@@H](C)N(Cc1ccc(Br)cc1)C(=O)CN(c1ccc(F)c(Cl)c1)S(=O)(=O)c1ccccc1. The van der Waals surface area contributed by atoms with Gasteiger partial charge in [0.25, 0.3) is 10.0 Å². The number of hydrogen-bond acceptors (Lipinski definition) is 4. The summed E-state index contributed by atoms with van der Waals surface area (Å²) in [4.78, 5) is 28.1. The summed E-state index contributed by atoms with van der Waals surface area (Å²) in [6.07, 6.45) is 0. The molecular formula is C28H30BrClFN3O4S. The molecule has 0 saturated heterocycles. The van der Waals surface area contributed by atoms with Crippen molar-refractivity contribution >= 4 is 55.1 Å². The molecule has 0 fully saturated rings. The Bertz CT molecular complexity index is 1410. The number of rotatable bonds is 11. The molecule has 208 valence electrons. The van der Waals surface area contributed by atoms with Crippen molar-refractivity contribution in [2.75, 3.05) is 17.4 Å². The van der Waals surface area contributed by atoms with Crippen LogP contribution in [0.2, 0.25) is 5.02 Å². The normalized spacial score (nSPS) is 12.2. The minimum Gasteiger partial charge on any atom is -0.354 e. The van der Waals surface area contributed by atoms with Gasteiger partial charge in [0.2, 0.25) is 11.8 Å². The number of carbonyl (C=O) groups is 2. The van der Waals surface area contributed by atoms with E-state index in [1.54, 1.807) is 37.3 Å². The maximum absolute atomic E-state index is 13.9. The Morgan fingerprint density at radius 3 is 2.23 bits per heavy atom. The number of sulfonamides is 1. The van der Waals surface area contributed by atoms with E-state index >= 15 is 0 Å². The van der Waals surface area contributed by atoms with Crippen molar-refractivity contribution in [1.29, 1.82) is 0 Å². The summed E-state index contributed by atoms with van der Waals surface area (Å²) in [6, 6.07) is 17.4. The number of anilines is 1. The minimum atomic E-state index is -4.26. The molecule has 7 nitrogen and oxygen atoms in total. The van der Waals surface area contributed by atoms with Crippen LogP contribution in [0.5, 0.6) is 0 Å². The Labute approximate surface area is 242 Å². The van der Waals surface area contributed by atoms with Crippen LogP contribution < -0.4 is 9.62 Å². The topological polar surface area (TPSA) is 86.8 Å². The van der Waals surface area contributed by atoms with Gasteiger partial charge in [0.1, 0.15) is 18.4 Å². The molecule has 3 aromatic carbocycles. The third kappa shape index (κ3) is 8.03. The Balaban J connectivity index is 2.02. The average Bonchev–Trinajstić information content (AvgIpc) is 2.91. The lowest BCUT2D eigenvalue weighted by Gasteiger charge is -2.32. The molecule has 0 aliphatic carbocycles. The lowest BCUT2D eigenvalue weighted by Crippen LogP contribution is -2.51. The summed E-state index contributed by atoms with van der Waals surface area (Å²) < 4.78 is 43.1. The molecule has 0 unspecified atom stereocenters. The molecular weight excluding hydrogens is 609 g/mol. The van der Waals surface area contributed by atoms with Gasteiger partial charge >= 0.3 is 0 Å². The highest BCUT2D eigenvalue weighted by molar-refractivity contribution is 9.10. The van der Waals surface area contributed by atoms with Crippen molar-refractivity contribution in [2.45, 2.75) is 38.3 Å². The fraction of sp³-hybridized carbons (Fsp3) is 0.286. The summed E-state index contributed by atoms with van der Waals surface area (Å²) in [6.45, 7) is 5.35. The number of halogens is 3. The summed E-state index contributed by atoms with van der Waals surface area (Å²) in [7, 11) is -4.26. The quantitative estimate of drug-likeness (QED) is 0.295. The first kappa shape index (κ1) is 30.6. The fourth-order valence-corrected chi connectivity index (χ4v) is 5.58. The highest BCUT2D eigenvalue weighted by Gasteiger charge is 2.32. The molecule has 0 saturated carbocycles. The van der Waals surface area contributed by atoms with Crippen molar-refractivity contribution in [3.63, 3.8) is 0 Å². The lowest BCUT2D eigenvalue weighted by molar-refractivity contribution is -0.139. The number of nitrogens with zero attached hydrogens (tertiary/aromatic N) is 2. The molecule has 1 atom stereocenters. The van der Waals surface area contributed by atoms with Gasteiger partial charge in [-0.2, -0.15) is 0 Å². The summed E-state index contributed by atoms with van der Waals surface area (Å²) >= 11 is 9.36. The molecule has 0 aliphatic rings. The number of amides is 2. The molecule has 0 aromatic heterocycles. The van der Waals surface area contributed by atoms with Crippen LogP contribution >= 0.6 is 27.5 Å². The van der Waals surface area contributed by atoms with Crippen LogP contribution in [0, 0.1) is 11.7 Å². The number of carbonyl (C=O) groups excluding carboxylic acids is 2. The van der Waals surface area contributed by atoms with Gasteiger partial charge in [0, 0.05) is 17.6 Å². The van der Waals surface area contributed by atoms with Gasteiger partial charge in [-0.25, -0.2) is 12.8 Å². The predicted octanol–water partition coefficient (Wildman–Crippen LogP) is 5.63. The Morgan fingerprint density at radius 1 is 1.00 bits per heavy atom. The second kappa shape index (κ2) is 13.4. The van der Waals surface area contributed by atoms with Crippen LogP contribution in [0.4, 0.5) is 10.1 Å². The molecule has 0 spiro atoms. The molecule has 0 radical (unpaired) electrons. The zero-order chi connectivity index (χ0) is 28.7. The van der Waals surface area contributed by atoms with Crippen molar-refractivity contribution in [2.24, 2.45) is 5.92 Å². The van der Waals surface area contributed by atoms with Crippen LogP contribution in [0.3, 0.4) is 0 Å². The van der Waals surface area contributed by atoms with Gasteiger partial charge < -0.3 is 10.2 Å². The van der Waals surface area contributed by atoms with E-state index in [2.05, 4.69) is 21.2 Å². The van der Waals surface area contributed by atoms with Crippen LogP contribution in [0.25, 0.3) is 0 Å². The first-order valence-electron chi connectivity index (χ1n) is 12.2. The molecule has 11 heteroatoms. The monoisotopic (exact) mass is 637 g/mol. The molecule has 0 heterocycles. The summed E-state index contributed by atoms with van der Waals surface area (Å²) in [5.41, 5.74) is 0.761. The van der Waals surface area contributed by atoms with Crippen LogP contribution in [-0.4, -0.2) is 44.3 Å². The number of nitrogens with one attached hydrogen (secondary N) is 1. The van der Waals surface area contributed by atoms with Gasteiger partial charge in [-0.1, -0.05) is 71.7 Å². The zero-order valence-electron chi connectivity index (χ0n) is 21.8. The largest absolute Gasteiger partial charge is 0.354 e. The standard InChI is InChI=1S/C28H30BrClFN3O4S/c1-19(2)16-32-28(36)20(3)33(17-21-9-11-22(29)12-10-21)27(35)18-34(23-13-14-26(31)25(30)15-23)39(37,38)24-7-5-4-6-8-24/h4-15,19-20H,16-18H2,1-3H3,(H,32,36)/t20-/m1/s1. The summed E-state index contributed by atoms with van der Waals surface area (Å²) in [5, 5.41) is 2.55. The van der Waals surface area contributed by atoms with E-state index in [0.29, 0.717) is 6.54 Å². The van der Waals surface area contributed by atoms with Gasteiger partial charge in [-0.15, -0.1) is 0 Å². The lowest BCUT2D eigenvalue weighted by atomic mass is 10.1. The van der Waals surface area contributed by atoms with E-state index in [1.165, 1.54) is 23.1 Å². The zero-order valence-corrected chi connectivity index (χ0v) is 24.9. The Hall–Kier alpha value is -2.95. The first-order valence-corrected chi connectivity index (χ1v) is 14.9. The van der Waals surface area contributed by atoms with Crippen molar-refractivity contribution < 1.29 is 22.4 Å². The number of benzene rings is 3. The van der Waals surface area contributed by atoms with E-state index in [4.69, 9.17) is 11.6 Å². The maximum Gasteiger partial charge on any atom is 0.264 e. The predicted molar refractivity (Wildman–Crippen MR) is 154 cm³/mol. The number of hydrogen-bond donors (Lipinski definition) is 1. The van der Waals surface area contributed by atoms with E-state index in [9.17, 15) is 22.4 Å². The van der Waals surface area contributed by atoms with Gasteiger partial charge in [-0.05, 0) is 60.9 Å². The second-order valence-corrected chi connectivity index (χ2v) is 12.6. The molecule has 39 heavy (non-hydrogen) atoms. The third-order valence-electron chi connectivity index (χ3n) is 5.92. The first-order chi connectivity index (χ1) is 18.4. The van der Waals surface area contributed by atoms with E-state index in [0.717, 1.165) is 26.5 Å². The van der Waals surface area contributed by atoms with Crippen LogP contribution in [-0.2, 0) is 26.2 Å². The van der Waals surface area contributed by atoms with E-state index in [-0.39, 0.29) is 34.0 Å². The highest BCUT2D eigenvalue weighted by Crippen LogP contribution is 2.28. The van der Waals surface area contributed by atoms with Gasteiger partial charge in [0.05, 0.1) is 15.6 Å². The van der Waals surface area contributed by atoms with E-state index in [1.807, 2.05) is 26.0 Å². The summed E-state index contributed by atoms with van der Waals surface area (Å²) in [5.74, 6) is -1.51. The van der Waals surface area contributed by atoms with Gasteiger partial charge in [-0.3, -0.25) is 13.9 Å². The van der Waals surface area contributed by atoms with Gasteiger partial charge in [0.15, 0.2) is 0 Å². The Morgan fingerprint density at radius 2 is 1.64 bits per heavy atom. The Kier molecular flexibility index (Phi) is 10.5. The van der Waals surface area contributed by atoms with Crippen molar-refractivity contribution in [1.82, 2.24) is 10.2 Å². The van der Waals surface area contributed by atoms with Crippen molar-refractivity contribution in [3.8, 4) is 0 Å². The molecule has 3 aromatic rings. The molecule has 0 bridgehead atoms. The average molecular weight is 639 g/mol. The van der Waals surface area contributed by atoms with Crippen LogP contribution in [0.15, 0.2) is 82.2 Å². The third-order valence-corrected chi connectivity index (χ3v) is 8.53. The maximum atomic E-state index is 13.9. The molecule has 2 amide bonds.